The van der Waals surface area contributed by atoms with Crippen LogP contribution in [0.4, 0.5) is 0 Å². The van der Waals surface area contributed by atoms with Crippen molar-refractivity contribution in [1.82, 2.24) is 4.57 Å². The second-order valence-electron chi connectivity index (χ2n) is 5.64. The lowest BCUT2D eigenvalue weighted by Crippen LogP contribution is -2.26. The largest absolute Gasteiger partial charge is 0.326 e. The third kappa shape index (κ3) is 5.49. The normalized spacial score (nSPS) is 10.9. The molecule has 20 heavy (non-hydrogen) atoms. The van der Waals surface area contributed by atoms with Gasteiger partial charge < -0.3 is 10.3 Å². The Morgan fingerprint density at radius 2 is 1.60 bits per heavy atom. The summed E-state index contributed by atoms with van der Waals surface area (Å²) in [5, 5.41) is 0. The SMILES string of the molecule is CCCCCCCCCCn1c(C)ccc(CN)c1=O. The summed E-state index contributed by atoms with van der Waals surface area (Å²) in [6.45, 7) is 5.39. The van der Waals surface area contributed by atoms with Crippen LogP contribution < -0.4 is 11.3 Å². The fourth-order valence-electron chi connectivity index (χ4n) is 2.55. The van der Waals surface area contributed by atoms with E-state index in [1.54, 1.807) is 0 Å². The van der Waals surface area contributed by atoms with Crippen LogP contribution in [0, 0.1) is 6.92 Å². The van der Waals surface area contributed by atoms with Crippen LogP contribution in [-0.2, 0) is 13.1 Å². The molecule has 114 valence electrons. The minimum atomic E-state index is 0.0930. The summed E-state index contributed by atoms with van der Waals surface area (Å²) in [5.74, 6) is 0. The van der Waals surface area contributed by atoms with Gasteiger partial charge in [0.1, 0.15) is 0 Å². The van der Waals surface area contributed by atoms with Crippen LogP contribution in [0.15, 0.2) is 16.9 Å². The van der Waals surface area contributed by atoms with Crippen molar-refractivity contribution in [1.29, 1.82) is 0 Å². The number of pyridine rings is 1. The van der Waals surface area contributed by atoms with Crippen molar-refractivity contribution in [2.45, 2.75) is 78.3 Å². The Hall–Kier alpha value is -1.09. The van der Waals surface area contributed by atoms with E-state index in [-0.39, 0.29) is 5.56 Å². The summed E-state index contributed by atoms with van der Waals surface area (Å²) in [6, 6.07) is 3.84. The first kappa shape index (κ1) is 17.0. The number of nitrogens with two attached hydrogens (primary N) is 1. The number of aromatic nitrogens is 1. The van der Waals surface area contributed by atoms with Crippen LogP contribution in [0.25, 0.3) is 0 Å². The highest BCUT2D eigenvalue weighted by atomic mass is 16.1. The minimum absolute atomic E-state index is 0.0930. The zero-order valence-corrected chi connectivity index (χ0v) is 13.2. The molecule has 0 aliphatic carbocycles. The third-order valence-corrected chi connectivity index (χ3v) is 3.93. The molecule has 0 fully saturated rings. The van der Waals surface area contributed by atoms with Crippen LogP contribution in [0.5, 0.6) is 0 Å². The predicted octanol–water partition coefficient (Wildman–Crippen LogP) is 3.76. The Kier molecular flexibility index (Phi) is 8.28. The quantitative estimate of drug-likeness (QED) is 0.662. The van der Waals surface area contributed by atoms with E-state index in [4.69, 9.17) is 5.73 Å². The van der Waals surface area contributed by atoms with E-state index in [9.17, 15) is 4.79 Å². The molecule has 3 nitrogen and oxygen atoms in total. The van der Waals surface area contributed by atoms with Gasteiger partial charge in [-0.05, 0) is 19.4 Å². The molecule has 0 aliphatic heterocycles. The number of aryl methyl sites for hydroxylation is 1. The number of unbranched alkanes of at least 4 members (excludes halogenated alkanes) is 7. The van der Waals surface area contributed by atoms with Gasteiger partial charge in [0.05, 0.1) is 0 Å². The Bertz CT molecular complexity index is 437. The van der Waals surface area contributed by atoms with Crippen molar-refractivity contribution >= 4 is 0 Å². The Morgan fingerprint density at radius 3 is 2.20 bits per heavy atom. The number of nitrogens with zero attached hydrogens (tertiary/aromatic N) is 1. The maximum absolute atomic E-state index is 12.1. The molecule has 0 saturated carbocycles. The standard InChI is InChI=1S/C17H30N2O/c1-3-4-5-6-7-8-9-10-13-19-15(2)11-12-16(14-18)17(19)20/h11-12H,3-10,13-14,18H2,1-2H3. The number of rotatable bonds is 10. The van der Waals surface area contributed by atoms with Crippen molar-refractivity contribution in [2.24, 2.45) is 5.73 Å². The van der Waals surface area contributed by atoms with Gasteiger partial charge in [-0.1, -0.05) is 57.9 Å². The van der Waals surface area contributed by atoms with Gasteiger partial charge in [0.15, 0.2) is 0 Å². The summed E-state index contributed by atoms with van der Waals surface area (Å²) in [4.78, 5) is 12.1. The lowest BCUT2D eigenvalue weighted by Gasteiger charge is -2.11. The highest BCUT2D eigenvalue weighted by molar-refractivity contribution is 5.15. The molecule has 0 radical (unpaired) electrons. The van der Waals surface area contributed by atoms with Crippen molar-refractivity contribution in [3.63, 3.8) is 0 Å². The lowest BCUT2D eigenvalue weighted by molar-refractivity contribution is 0.531. The Morgan fingerprint density at radius 1 is 1.00 bits per heavy atom. The van der Waals surface area contributed by atoms with Crippen LogP contribution in [0.2, 0.25) is 0 Å². The number of hydrogen-bond donors (Lipinski definition) is 1. The zero-order valence-electron chi connectivity index (χ0n) is 13.2. The first-order valence-corrected chi connectivity index (χ1v) is 8.10. The molecule has 1 rings (SSSR count). The van der Waals surface area contributed by atoms with Crippen molar-refractivity contribution in [2.75, 3.05) is 0 Å². The van der Waals surface area contributed by atoms with Crippen molar-refractivity contribution in [3.8, 4) is 0 Å². The third-order valence-electron chi connectivity index (χ3n) is 3.93. The van der Waals surface area contributed by atoms with Crippen molar-refractivity contribution in [3.05, 3.63) is 33.7 Å². The van der Waals surface area contributed by atoms with Gasteiger partial charge in [-0.15, -0.1) is 0 Å². The predicted molar refractivity (Wildman–Crippen MR) is 85.9 cm³/mol. The lowest BCUT2D eigenvalue weighted by atomic mass is 10.1. The molecule has 0 amide bonds. The molecule has 0 aromatic carbocycles. The van der Waals surface area contributed by atoms with E-state index in [1.807, 2.05) is 23.6 Å². The van der Waals surface area contributed by atoms with Gasteiger partial charge in [-0.3, -0.25) is 4.79 Å². The zero-order chi connectivity index (χ0) is 14.8. The van der Waals surface area contributed by atoms with Crippen LogP contribution >= 0.6 is 0 Å². The maximum Gasteiger partial charge on any atom is 0.255 e. The van der Waals surface area contributed by atoms with E-state index >= 15 is 0 Å². The highest BCUT2D eigenvalue weighted by Gasteiger charge is 2.04. The van der Waals surface area contributed by atoms with Gasteiger partial charge >= 0.3 is 0 Å². The van der Waals surface area contributed by atoms with Crippen LogP contribution in [-0.4, -0.2) is 4.57 Å². The molecule has 0 saturated heterocycles. The topological polar surface area (TPSA) is 48.0 Å². The summed E-state index contributed by atoms with van der Waals surface area (Å²) in [6.07, 6.45) is 10.3. The van der Waals surface area contributed by atoms with Gasteiger partial charge in [-0.2, -0.15) is 0 Å². The van der Waals surface area contributed by atoms with E-state index in [0.717, 1.165) is 24.2 Å². The molecular weight excluding hydrogens is 248 g/mol. The fraction of sp³-hybridized carbons (Fsp3) is 0.706. The minimum Gasteiger partial charge on any atom is -0.326 e. The average molecular weight is 278 g/mol. The van der Waals surface area contributed by atoms with Gasteiger partial charge in [0, 0.05) is 24.3 Å². The van der Waals surface area contributed by atoms with E-state index in [1.165, 1.54) is 44.9 Å². The summed E-state index contributed by atoms with van der Waals surface area (Å²) < 4.78 is 1.87. The molecule has 0 atom stereocenters. The fourth-order valence-corrected chi connectivity index (χ4v) is 2.55. The first-order chi connectivity index (χ1) is 9.70. The molecule has 2 N–H and O–H groups in total. The molecule has 0 spiro atoms. The maximum atomic E-state index is 12.1. The van der Waals surface area contributed by atoms with Gasteiger partial charge in [0.2, 0.25) is 0 Å². The van der Waals surface area contributed by atoms with E-state index in [0.29, 0.717) is 6.54 Å². The van der Waals surface area contributed by atoms with Crippen LogP contribution in [0.1, 0.15) is 69.5 Å². The molecule has 3 heteroatoms. The second kappa shape index (κ2) is 9.76. The average Bonchev–Trinajstić information content (AvgIpc) is 2.45. The van der Waals surface area contributed by atoms with Gasteiger partial charge in [-0.25, -0.2) is 0 Å². The molecule has 0 aliphatic rings. The summed E-state index contributed by atoms with van der Waals surface area (Å²) >= 11 is 0. The summed E-state index contributed by atoms with van der Waals surface area (Å²) in [7, 11) is 0. The van der Waals surface area contributed by atoms with E-state index in [2.05, 4.69) is 6.92 Å². The Labute approximate surface area is 123 Å². The smallest absolute Gasteiger partial charge is 0.255 e. The molecule has 1 aromatic rings. The monoisotopic (exact) mass is 278 g/mol. The molecule has 1 aromatic heterocycles. The molecule has 1 heterocycles. The summed E-state index contributed by atoms with van der Waals surface area (Å²) in [5.41, 5.74) is 7.44. The van der Waals surface area contributed by atoms with Gasteiger partial charge in [0.25, 0.3) is 5.56 Å². The molecular formula is C17H30N2O. The highest BCUT2D eigenvalue weighted by Crippen LogP contribution is 2.09. The van der Waals surface area contributed by atoms with Crippen molar-refractivity contribution < 1.29 is 0 Å². The number of hydrogen-bond acceptors (Lipinski definition) is 2. The van der Waals surface area contributed by atoms with Crippen LogP contribution in [0.3, 0.4) is 0 Å². The second-order valence-corrected chi connectivity index (χ2v) is 5.64. The first-order valence-electron chi connectivity index (χ1n) is 8.10. The molecule has 0 bridgehead atoms. The van der Waals surface area contributed by atoms with E-state index < -0.39 is 0 Å². The molecule has 0 unspecified atom stereocenters. The Balaban J connectivity index is 2.30.